The second-order valence-corrected chi connectivity index (χ2v) is 6.54. The maximum absolute atomic E-state index is 11.2. The van der Waals surface area contributed by atoms with Crippen molar-refractivity contribution in [2.24, 2.45) is 16.7 Å². The molecule has 0 aliphatic heterocycles. The quantitative estimate of drug-likeness (QED) is 0.786. The highest BCUT2D eigenvalue weighted by molar-refractivity contribution is 5.75. The van der Waals surface area contributed by atoms with Crippen LogP contribution < -0.4 is 10.6 Å². The summed E-state index contributed by atoms with van der Waals surface area (Å²) in [5.74, 6) is 0.995. The van der Waals surface area contributed by atoms with E-state index in [2.05, 4.69) is 31.4 Å². The van der Waals surface area contributed by atoms with Gasteiger partial charge in [0.15, 0.2) is 0 Å². The highest BCUT2D eigenvalue weighted by atomic mass is 16.1. The van der Waals surface area contributed by atoms with Gasteiger partial charge in [-0.05, 0) is 36.0 Å². The van der Waals surface area contributed by atoms with Crippen molar-refractivity contribution in [2.75, 3.05) is 13.6 Å². The molecule has 2 saturated carbocycles. The van der Waals surface area contributed by atoms with Crippen LogP contribution in [0, 0.1) is 16.7 Å². The summed E-state index contributed by atoms with van der Waals surface area (Å²) in [4.78, 5) is 11.2. The highest BCUT2D eigenvalue weighted by Gasteiger charge is 2.60. The normalized spacial score (nSPS) is 38.4. The highest BCUT2D eigenvalue weighted by Crippen LogP contribution is 2.65. The second kappa shape index (κ2) is 4.27. The van der Waals surface area contributed by atoms with Crippen LogP contribution in [0.3, 0.4) is 0 Å². The van der Waals surface area contributed by atoms with Gasteiger partial charge in [0.25, 0.3) is 0 Å². The molecule has 2 bridgehead atoms. The summed E-state index contributed by atoms with van der Waals surface area (Å²) in [6.07, 6.45) is 4.60. The lowest BCUT2D eigenvalue weighted by molar-refractivity contribution is -0.120. The molecule has 0 aromatic heterocycles. The predicted octanol–water partition coefficient (Wildman–Crippen LogP) is 1.93. The van der Waals surface area contributed by atoms with Gasteiger partial charge >= 0.3 is 0 Å². The lowest BCUT2D eigenvalue weighted by Gasteiger charge is -2.39. The Balaban J connectivity index is 1.90. The molecule has 0 heterocycles. The molecule has 98 valence electrons. The van der Waals surface area contributed by atoms with Crippen LogP contribution in [-0.4, -0.2) is 25.5 Å². The summed E-state index contributed by atoms with van der Waals surface area (Å²) < 4.78 is 0. The number of carbonyl (C=O) groups excluding carboxylic acids is 1. The molecule has 3 unspecified atom stereocenters. The molecule has 2 N–H and O–H groups in total. The van der Waals surface area contributed by atoms with Crippen molar-refractivity contribution in [3.63, 3.8) is 0 Å². The average molecular weight is 238 g/mol. The number of nitrogens with one attached hydrogen (secondary N) is 2. The van der Waals surface area contributed by atoms with E-state index >= 15 is 0 Å². The van der Waals surface area contributed by atoms with Gasteiger partial charge in [-0.15, -0.1) is 0 Å². The second-order valence-electron chi connectivity index (χ2n) is 6.54. The molecular formula is C14H26N2O. The van der Waals surface area contributed by atoms with Gasteiger partial charge in [-0.25, -0.2) is 0 Å². The molecule has 3 atom stereocenters. The lowest BCUT2D eigenvalue weighted by atomic mass is 9.69. The van der Waals surface area contributed by atoms with E-state index in [1.807, 2.05) is 0 Å². The van der Waals surface area contributed by atoms with Gasteiger partial charge in [0.05, 0.1) is 0 Å². The summed E-state index contributed by atoms with van der Waals surface area (Å²) in [5.41, 5.74) is 0.873. The molecule has 0 aromatic carbocycles. The molecule has 0 saturated heterocycles. The van der Waals surface area contributed by atoms with Crippen LogP contribution in [0.2, 0.25) is 0 Å². The van der Waals surface area contributed by atoms with Crippen LogP contribution in [0.15, 0.2) is 0 Å². The van der Waals surface area contributed by atoms with E-state index in [9.17, 15) is 4.79 Å². The van der Waals surface area contributed by atoms with Gasteiger partial charge in [-0.2, -0.15) is 0 Å². The van der Waals surface area contributed by atoms with E-state index in [0.717, 1.165) is 12.5 Å². The van der Waals surface area contributed by atoms with Crippen LogP contribution in [0.4, 0.5) is 0 Å². The number of fused-ring (bicyclic) bond motifs is 2. The molecule has 3 heteroatoms. The molecule has 17 heavy (non-hydrogen) atoms. The van der Waals surface area contributed by atoms with Crippen molar-refractivity contribution in [3.8, 4) is 0 Å². The summed E-state index contributed by atoms with van der Waals surface area (Å²) >= 11 is 0. The molecule has 2 aliphatic carbocycles. The van der Waals surface area contributed by atoms with Crippen LogP contribution in [0.5, 0.6) is 0 Å². The lowest BCUT2D eigenvalue weighted by Crippen LogP contribution is -2.45. The first-order valence-corrected chi connectivity index (χ1v) is 6.86. The smallest absolute Gasteiger partial charge is 0.221 e. The van der Waals surface area contributed by atoms with Crippen LogP contribution in [0.1, 0.15) is 46.5 Å². The Kier molecular flexibility index (Phi) is 3.23. The zero-order valence-corrected chi connectivity index (χ0v) is 11.6. The maximum Gasteiger partial charge on any atom is 0.221 e. The minimum absolute atomic E-state index is 0.130. The first kappa shape index (κ1) is 12.9. The van der Waals surface area contributed by atoms with Crippen molar-refractivity contribution in [1.29, 1.82) is 0 Å². The summed E-state index contributed by atoms with van der Waals surface area (Å²) in [7, 11) is 1.70. The molecule has 2 fully saturated rings. The van der Waals surface area contributed by atoms with Crippen LogP contribution >= 0.6 is 0 Å². The number of amides is 1. The molecule has 0 aromatic rings. The first-order chi connectivity index (χ1) is 7.91. The SMILES string of the molecule is CNC(=O)CCNC1CC2CCC1(C)C2(C)C. The minimum Gasteiger partial charge on any atom is -0.359 e. The summed E-state index contributed by atoms with van der Waals surface area (Å²) in [6, 6.07) is 0.598. The Morgan fingerprint density at radius 2 is 2.06 bits per heavy atom. The first-order valence-electron chi connectivity index (χ1n) is 6.86. The topological polar surface area (TPSA) is 41.1 Å². The molecule has 3 nitrogen and oxygen atoms in total. The van der Waals surface area contributed by atoms with Gasteiger partial charge < -0.3 is 10.6 Å². The van der Waals surface area contributed by atoms with E-state index < -0.39 is 0 Å². The minimum atomic E-state index is 0.130. The van der Waals surface area contributed by atoms with Crippen molar-refractivity contribution in [2.45, 2.75) is 52.5 Å². The van der Waals surface area contributed by atoms with E-state index in [1.54, 1.807) is 7.05 Å². The van der Waals surface area contributed by atoms with Gasteiger partial charge in [-0.3, -0.25) is 4.79 Å². The van der Waals surface area contributed by atoms with Crippen molar-refractivity contribution in [1.82, 2.24) is 10.6 Å². The Labute approximate surface area is 105 Å². The predicted molar refractivity (Wildman–Crippen MR) is 69.7 cm³/mol. The number of carbonyl (C=O) groups is 1. The fraction of sp³-hybridized carbons (Fsp3) is 0.929. The Morgan fingerprint density at radius 3 is 2.53 bits per heavy atom. The molecule has 2 aliphatic rings. The standard InChI is InChI=1S/C14H26N2O/c1-13(2)10-5-7-14(13,3)11(9-10)16-8-6-12(17)15-4/h10-11,16H,5-9H2,1-4H3,(H,15,17). The van der Waals surface area contributed by atoms with Gasteiger partial charge in [0, 0.05) is 26.1 Å². The summed E-state index contributed by atoms with van der Waals surface area (Å²) in [6.45, 7) is 8.08. The number of rotatable bonds is 4. The largest absolute Gasteiger partial charge is 0.359 e. The Morgan fingerprint density at radius 1 is 1.35 bits per heavy atom. The summed E-state index contributed by atoms with van der Waals surface area (Å²) in [5, 5.41) is 6.28. The zero-order valence-electron chi connectivity index (χ0n) is 11.6. The van der Waals surface area contributed by atoms with E-state index in [1.165, 1.54) is 19.3 Å². The van der Waals surface area contributed by atoms with E-state index in [-0.39, 0.29) is 5.91 Å². The van der Waals surface area contributed by atoms with Gasteiger partial charge in [0.2, 0.25) is 5.91 Å². The molecule has 0 spiro atoms. The maximum atomic E-state index is 11.2. The van der Waals surface area contributed by atoms with Gasteiger partial charge in [-0.1, -0.05) is 20.8 Å². The van der Waals surface area contributed by atoms with Gasteiger partial charge in [0.1, 0.15) is 0 Å². The van der Waals surface area contributed by atoms with Crippen LogP contribution in [-0.2, 0) is 4.79 Å². The molecule has 2 rings (SSSR count). The molecule has 1 amide bonds. The average Bonchev–Trinajstić information content (AvgIpc) is 2.61. The monoisotopic (exact) mass is 238 g/mol. The van der Waals surface area contributed by atoms with E-state index in [0.29, 0.717) is 23.3 Å². The molecule has 0 radical (unpaired) electrons. The third-order valence-corrected chi connectivity index (χ3v) is 5.82. The van der Waals surface area contributed by atoms with Crippen molar-refractivity contribution >= 4 is 5.91 Å². The van der Waals surface area contributed by atoms with Crippen molar-refractivity contribution < 1.29 is 4.79 Å². The Bertz CT molecular complexity index is 313. The fourth-order valence-electron chi connectivity index (χ4n) is 4.00. The Hall–Kier alpha value is -0.570. The van der Waals surface area contributed by atoms with E-state index in [4.69, 9.17) is 0 Å². The fourth-order valence-corrected chi connectivity index (χ4v) is 4.00. The third kappa shape index (κ3) is 1.88. The molecular weight excluding hydrogens is 212 g/mol. The number of hydrogen-bond acceptors (Lipinski definition) is 2. The number of hydrogen-bond donors (Lipinski definition) is 2. The van der Waals surface area contributed by atoms with Crippen molar-refractivity contribution in [3.05, 3.63) is 0 Å². The zero-order chi connectivity index (χ0) is 12.7. The van der Waals surface area contributed by atoms with Crippen LogP contribution in [0.25, 0.3) is 0 Å². The third-order valence-electron chi connectivity index (χ3n) is 5.82.